The van der Waals surface area contributed by atoms with Gasteiger partial charge in [0.25, 0.3) is 0 Å². The molecule has 0 aliphatic carbocycles. The van der Waals surface area contributed by atoms with Gasteiger partial charge >= 0.3 is 0 Å². The van der Waals surface area contributed by atoms with Crippen molar-refractivity contribution in [1.29, 1.82) is 0 Å². The van der Waals surface area contributed by atoms with E-state index in [0.717, 1.165) is 11.6 Å². The molecule has 0 saturated carbocycles. The first-order valence-electron chi connectivity index (χ1n) is 10.4. The maximum atomic E-state index is 14.5. The monoisotopic (exact) mass is 416 g/mol. The maximum absolute atomic E-state index is 14.5. The van der Waals surface area contributed by atoms with Gasteiger partial charge in [-0.15, -0.1) is 0 Å². The van der Waals surface area contributed by atoms with Crippen LogP contribution in [0.5, 0.6) is 0 Å². The molecule has 0 bridgehead atoms. The second-order valence-corrected chi connectivity index (χ2v) is 8.02. The SMILES string of the molecule is O=C([C@@H]1Cc2ccccc2CN1)N1CC(c2cccc(F)c2F)=CC1c1ccccc1. The van der Waals surface area contributed by atoms with Crippen molar-refractivity contribution in [3.8, 4) is 0 Å². The van der Waals surface area contributed by atoms with E-state index in [1.165, 1.54) is 17.2 Å². The Hall–Kier alpha value is -3.31. The van der Waals surface area contributed by atoms with Gasteiger partial charge in [-0.2, -0.15) is 0 Å². The fraction of sp³-hybridized carbons (Fsp3) is 0.192. The second kappa shape index (κ2) is 8.08. The number of amides is 1. The van der Waals surface area contributed by atoms with Crippen LogP contribution in [-0.4, -0.2) is 23.4 Å². The van der Waals surface area contributed by atoms with E-state index in [0.29, 0.717) is 18.5 Å². The molecule has 5 heteroatoms. The zero-order valence-electron chi connectivity index (χ0n) is 16.9. The molecule has 1 unspecified atom stereocenters. The topological polar surface area (TPSA) is 32.3 Å². The molecule has 2 heterocycles. The van der Waals surface area contributed by atoms with Gasteiger partial charge in [0.15, 0.2) is 11.6 Å². The third kappa shape index (κ3) is 3.66. The number of fused-ring (bicyclic) bond motifs is 1. The van der Waals surface area contributed by atoms with E-state index in [4.69, 9.17) is 0 Å². The van der Waals surface area contributed by atoms with Crippen LogP contribution in [0.25, 0.3) is 5.57 Å². The van der Waals surface area contributed by atoms with Crippen LogP contribution in [0.2, 0.25) is 0 Å². The van der Waals surface area contributed by atoms with E-state index in [1.54, 1.807) is 11.0 Å². The number of hydrogen-bond acceptors (Lipinski definition) is 2. The first kappa shape index (κ1) is 19.6. The van der Waals surface area contributed by atoms with Crippen LogP contribution in [-0.2, 0) is 17.8 Å². The molecular weight excluding hydrogens is 394 g/mol. The zero-order chi connectivity index (χ0) is 21.4. The van der Waals surface area contributed by atoms with Gasteiger partial charge in [0.05, 0.1) is 12.1 Å². The van der Waals surface area contributed by atoms with Gasteiger partial charge in [-0.1, -0.05) is 72.8 Å². The molecule has 0 spiro atoms. The van der Waals surface area contributed by atoms with Crippen molar-refractivity contribution in [2.45, 2.75) is 25.0 Å². The number of hydrogen-bond donors (Lipinski definition) is 1. The average Bonchev–Trinajstić information content (AvgIpc) is 3.26. The van der Waals surface area contributed by atoms with Crippen LogP contribution in [0.15, 0.2) is 78.9 Å². The molecule has 1 N–H and O–H groups in total. The Morgan fingerprint density at radius 1 is 0.903 bits per heavy atom. The summed E-state index contributed by atoms with van der Waals surface area (Å²) in [4.78, 5) is 15.3. The van der Waals surface area contributed by atoms with Crippen LogP contribution < -0.4 is 5.32 Å². The molecular formula is C26H22F2N2O. The Morgan fingerprint density at radius 3 is 2.45 bits per heavy atom. The largest absolute Gasteiger partial charge is 0.326 e. The quantitative estimate of drug-likeness (QED) is 0.674. The Morgan fingerprint density at radius 2 is 1.65 bits per heavy atom. The van der Waals surface area contributed by atoms with Crippen molar-refractivity contribution in [3.05, 3.63) is 113 Å². The standard InChI is InChI=1S/C26H22F2N2O/c27-22-12-6-11-21(25(22)28)20-14-24(17-7-2-1-3-8-17)30(16-20)26(31)23-13-18-9-4-5-10-19(18)15-29-23/h1-12,14,23-24,29H,13,15-16H2/t23-,24?/m0/s1. The molecule has 3 aromatic rings. The van der Waals surface area contributed by atoms with Gasteiger partial charge in [-0.3, -0.25) is 4.79 Å². The lowest BCUT2D eigenvalue weighted by molar-refractivity contribution is -0.134. The Balaban J connectivity index is 1.47. The highest BCUT2D eigenvalue weighted by atomic mass is 19.2. The number of nitrogens with zero attached hydrogens (tertiary/aromatic N) is 1. The first-order chi connectivity index (χ1) is 15.1. The normalized spacial score (nSPS) is 20.3. The maximum Gasteiger partial charge on any atom is 0.241 e. The summed E-state index contributed by atoms with van der Waals surface area (Å²) in [7, 11) is 0. The number of nitrogens with one attached hydrogen (secondary N) is 1. The molecule has 0 saturated heterocycles. The number of carbonyl (C=O) groups excluding carboxylic acids is 1. The molecule has 156 valence electrons. The van der Waals surface area contributed by atoms with Crippen molar-refractivity contribution >= 4 is 11.5 Å². The molecule has 2 aliphatic heterocycles. The molecule has 5 rings (SSSR count). The van der Waals surface area contributed by atoms with Gasteiger partial charge in [0.1, 0.15) is 0 Å². The summed E-state index contributed by atoms with van der Waals surface area (Å²) in [5.74, 6) is -1.80. The Bertz CT molecular complexity index is 1160. The molecule has 0 aromatic heterocycles. The third-order valence-corrected chi connectivity index (χ3v) is 6.14. The minimum Gasteiger partial charge on any atom is -0.326 e. The molecule has 2 aliphatic rings. The van der Waals surface area contributed by atoms with Crippen molar-refractivity contribution < 1.29 is 13.6 Å². The van der Waals surface area contributed by atoms with Crippen LogP contribution in [0, 0.1) is 11.6 Å². The van der Waals surface area contributed by atoms with Gasteiger partial charge < -0.3 is 10.2 Å². The second-order valence-electron chi connectivity index (χ2n) is 8.02. The number of benzene rings is 3. The van der Waals surface area contributed by atoms with Crippen molar-refractivity contribution in [3.63, 3.8) is 0 Å². The smallest absolute Gasteiger partial charge is 0.241 e. The van der Waals surface area contributed by atoms with Crippen LogP contribution in [0.1, 0.15) is 28.3 Å². The number of rotatable bonds is 3. The molecule has 0 radical (unpaired) electrons. The van der Waals surface area contributed by atoms with E-state index in [2.05, 4.69) is 17.4 Å². The summed E-state index contributed by atoms with van der Waals surface area (Å²) >= 11 is 0. The summed E-state index contributed by atoms with van der Waals surface area (Å²) in [6.45, 7) is 0.869. The third-order valence-electron chi connectivity index (χ3n) is 6.14. The molecule has 2 atom stereocenters. The van der Waals surface area contributed by atoms with E-state index in [-0.39, 0.29) is 30.1 Å². The average molecular weight is 416 g/mol. The highest BCUT2D eigenvalue weighted by molar-refractivity contribution is 5.87. The fourth-order valence-electron chi connectivity index (χ4n) is 4.51. The van der Waals surface area contributed by atoms with E-state index < -0.39 is 11.6 Å². The summed E-state index contributed by atoms with van der Waals surface area (Å²) in [5.41, 5.74) is 4.14. The predicted octanol–water partition coefficient (Wildman–Crippen LogP) is 4.65. The highest BCUT2D eigenvalue weighted by Gasteiger charge is 2.36. The van der Waals surface area contributed by atoms with Crippen molar-refractivity contribution in [2.24, 2.45) is 0 Å². The van der Waals surface area contributed by atoms with E-state index >= 15 is 0 Å². The summed E-state index contributed by atoms with van der Waals surface area (Å²) in [5, 5.41) is 3.35. The van der Waals surface area contributed by atoms with Gasteiger partial charge in [0, 0.05) is 18.7 Å². The van der Waals surface area contributed by atoms with Gasteiger partial charge in [-0.05, 0) is 34.8 Å². The summed E-state index contributed by atoms with van der Waals surface area (Å²) in [6.07, 6.45) is 2.48. The molecule has 3 nitrogen and oxygen atoms in total. The number of carbonyl (C=O) groups is 1. The lowest BCUT2D eigenvalue weighted by Gasteiger charge is -2.32. The van der Waals surface area contributed by atoms with Crippen LogP contribution >= 0.6 is 0 Å². The van der Waals surface area contributed by atoms with E-state index in [9.17, 15) is 13.6 Å². The van der Waals surface area contributed by atoms with Crippen LogP contribution in [0.3, 0.4) is 0 Å². The van der Waals surface area contributed by atoms with E-state index in [1.807, 2.05) is 48.5 Å². The molecule has 1 amide bonds. The van der Waals surface area contributed by atoms with Crippen LogP contribution in [0.4, 0.5) is 8.78 Å². The Labute approximate surface area is 180 Å². The first-order valence-corrected chi connectivity index (χ1v) is 10.4. The van der Waals surface area contributed by atoms with Gasteiger partial charge in [0.2, 0.25) is 5.91 Å². The molecule has 31 heavy (non-hydrogen) atoms. The van der Waals surface area contributed by atoms with Gasteiger partial charge in [-0.25, -0.2) is 8.78 Å². The molecule has 0 fully saturated rings. The summed E-state index contributed by atoms with van der Waals surface area (Å²) in [6, 6.07) is 21.3. The van der Waals surface area contributed by atoms with Crippen molar-refractivity contribution in [1.82, 2.24) is 10.2 Å². The number of halogens is 2. The highest BCUT2D eigenvalue weighted by Crippen LogP contribution is 2.36. The predicted molar refractivity (Wildman–Crippen MR) is 116 cm³/mol. The Kier molecular flexibility index (Phi) is 5.12. The molecule has 3 aromatic carbocycles. The van der Waals surface area contributed by atoms with Crippen molar-refractivity contribution in [2.75, 3.05) is 6.54 Å². The lowest BCUT2D eigenvalue weighted by Crippen LogP contribution is -2.49. The minimum absolute atomic E-state index is 0.0357. The lowest BCUT2D eigenvalue weighted by atomic mass is 9.94. The minimum atomic E-state index is -0.884. The zero-order valence-corrected chi connectivity index (χ0v) is 16.9. The fourth-order valence-corrected chi connectivity index (χ4v) is 4.51. The summed E-state index contributed by atoms with van der Waals surface area (Å²) < 4.78 is 28.3.